The van der Waals surface area contributed by atoms with Crippen molar-refractivity contribution >= 4 is 0 Å². The first-order valence-corrected chi connectivity index (χ1v) is 8.11. The first-order valence-electron chi connectivity index (χ1n) is 8.11. The van der Waals surface area contributed by atoms with E-state index in [9.17, 15) is 0 Å². The highest BCUT2D eigenvalue weighted by Gasteiger charge is 2.28. The maximum atomic E-state index is 6.09. The van der Waals surface area contributed by atoms with E-state index in [1.807, 2.05) is 0 Å². The number of benzene rings is 1. The minimum atomic E-state index is 0.196. The van der Waals surface area contributed by atoms with Gasteiger partial charge in [-0.2, -0.15) is 0 Å². The Balaban J connectivity index is 2.20. The van der Waals surface area contributed by atoms with E-state index in [4.69, 9.17) is 10.5 Å². The smallest absolute Gasteiger partial charge is 0.0622 e. The van der Waals surface area contributed by atoms with Crippen molar-refractivity contribution in [3.05, 3.63) is 35.4 Å². The van der Waals surface area contributed by atoms with E-state index in [0.29, 0.717) is 18.6 Å². The first-order chi connectivity index (χ1) is 9.97. The van der Waals surface area contributed by atoms with E-state index in [-0.39, 0.29) is 5.41 Å². The van der Waals surface area contributed by atoms with Crippen molar-refractivity contribution in [2.75, 3.05) is 26.3 Å². The molecule has 2 rings (SSSR count). The van der Waals surface area contributed by atoms with Gasteiger partial charge in [0, 0.05) is 25.2 Å². The predicted molar refractivity (Wildman–Crippen MR) is 88.5 cm³/mol. The van der Waals surface area contributed by atoms with Gasteiger partial charge in [0.25, 0.3) is 0 Å². The number of hydrogen-bond acceptors (Lipinski definition) is 3. The molecule has 1 aliphatic heterocycles. The summed E-state index contributed by atoms with van der Waals surface area (Å²) in [5.41, 5.74) is 8.99. The van der Waals surface area contributed by atoms with Crippen LogP contribution in [0, 0.1) is 0 Å². The topological polar surface area (TPSA) is 38.5 Å². The van der Waals surface area contributed by atoms with Crippen LogP contribution in [0.1, 0.15) is 51.3 Å². The summed E-state index contributed by atoms with van der Waals surface area (Å²) < 4.78 is 5.62. The monoisotopic (exact) mass is 290 g/mol. The lowest BCUT2D eigenvalue weighted by Crippen LogP contribution is -2.48. The summed E-state index contributed by atoms with van der Waals surface area (Å²) in [6.07, 6.45) is 1.11. The predicted octanol–water partition coefficient (Wildman–Crippen LogP) is 3.09. The van der Waals surface area contributed by atoms with E-state index in [1.54, 1.807) is 0 Å². The normalized spacial score (nSPS) is 22.2. The Labute approximate surface area is 129 Å². The number of nitrogens with two attached hydrogens (primary N) is 1. The highest BCUT2D eigenvalue weighted by Crippen LogP contribution is 2.28. The molecule has 1 aliphatic rings. The zero-order valence-corrected chi connectivity index (χ0v) is 13.9. The summed E-state index contributed by atoms with van der Waals surface area (Å²) in [5.74, 6) is 0. The average molecular weight is 290 g/mol. The van der Waals surface area contributed by atoms with Gasteiger partial charge in [-0.15, -0.1) is 0 Å². The molecule has 0 radical (unpaired) electrons. The number of ether oxygens (including phenoxy) is 1. The van der Waals surface area contributed by atoms with Crippen LogP contribution in [0.2, 0.25) is 0 Å². The third-order valence-corrected chi connectivity index (χ3v) is 4.53. The first kappa shape index (κ1) is 16.5. The van der Waals surface area contributed by atoms with Crippen LogP contribution in [0.25, 0.3) is 0 Å². The molecule has 0 amide bonds. The van der Waals surface area contributed by atoms with Crippen LogP contribution in [-0.4, -0.2) is 37.2 Å². The van der Waals surface area contributed by atoms with Crippen LogP contribution >= 0.6 is 0 Å². The molecule has 118 valence electrons. The molecule has 0 spiro atoms. The van der Waals surface area contributed by atoms with E-state index >= 15 is 0 Å². The number of morpholine rings is 1. The second kappa shape index (κ2) is 6.91. The van der Waals surface area contributed by atoms with E-state index in [2.05, 4.69) is 56.9 Å². The number of hydrogen-bond donors (Lipinski definition) is 1. The third kappa shape index (κ3) is 3.85. The molecule has 2 unspecified atom stereocenters. The summed E-state index contributed by atoms with van der Waals surface area (Å²) in [7, 11) is 0. The SMILES string of the molecule is CCC1COCCN1C(CN)c1ccc(C(C)(C)C)cc1. The summed E-state index contributed by atoms with van der Waals surface area (Å²) in [6, 6.07) is 9.78. The molecule has 0 aliphatic carbocycles. The average Bonchev–Trinajstić information content (AvgIpc) is 2.48. The maximum Gasteiger partial charge on any atom is 0.0622 e. The lowest BCUT2D eigenvalue weighted by atomic mass is 9.86. The van der Waals surface area contributed by atoms with Crippen LogP contribution in [0.5, 0.6) is 0 Å². The van der Waals surface area contributed by atoms with Gasteiger partial charge in [-0.1, -0.05) is 52.0 Å². The van der Waals surface area contributed by atoms with Crippen LogP contribution in [-0.2, 0) is 10.2 Å². The molecule has 2 N–H and O–H groups in total. The van der Waals surface area contributed by atoms with Gasteiger partial charge >= 0.3 is 0 Å². The lowest BCUT2D eigenvalue weighted by Gasteiger charge is -2.40. The Bertz CT molecular complexity index is 436. The molecule has 1 saturated heterocycles. The van der Waals surface area contributed by atoms with Gasteiger partial charge in [-0.3, -0.25) is 4.90 Å². The summed E-state index contributed by atoms with van der Waals surface area (Å²) in [5, 5.41) is 0. The molecule has 21 heavy (non-hydrogen) atoms. The summed E-state index contributed by atoms with van der Waals surface area (Å²) in [4.78, 5) is 2.52. The molecular weight excluding hydrogens is 260 g/mol. The molecule has 3 nitrogen and oxygen atoms in total. The molecule has 1 heterocycles. The fraction of sp³-hybridized carbons (Fsp3) is 0.667. The Morgan fingerprint density at radius 2 is 1.95 bits per heavy atom. The molecule has 2 atom stereocenters. The highest BCUT2D eigenvalue weighted by atomic mass is 16.5. The standard InChI is InChI=1S/C18H30N2O/c1-5-16-13-21-11-10-20(16)17(12-19)14-6-8-15(9-7-14)18(2,3)4/h6-9,16-17H,5,10-13,19H2,1-4H3. The molecule has 0 bridgehead atoms. The summed E-state index contributed by atoms with van der Waals surface area (Å²) in [6.45, 7) is 12.2. The van der Waals surface area contributed by atoms with Gasteiger partial charge in [-0.05, 0) is 23.0 Å². The molecule has 3 heteroatoms. The van der Waals surface area contributed by atoms with Gasteiger partial charge in [-0.25, -0.2) is 0 Å². The van der Waals surface area contributed by atoms with Crippen molar-refractivity contribution in [1.82, 2.24) is 4.90 Å². The zero-order valence-electron chi connectivity index (χ0n) is 13.9. The van der Waals surface area contributed by atoms with Crippen LogP contribution in [0.4, 0.5) is 0 Å². The van der Waals surface area contributed by atoms with E-state index in [1.165, 1.54) is 11.1 Å². The fourth-order valence-corrected chi connectivity index (χ4v) is 3.10. The second-order valence-electron chi connectivity index (χ2n) is 7.00. The quantitative estimate of drug-likeness (QED) is 0.926. The molecule has 0 aromatic heterocycles. The number of rotatable bonds is 4. The van der Waals surface area contributed by atoms with Gasteiger partial charge in [0.1, 0.15) is 0 Å². The van der Waals surface area contributed by atoms with Crippen molar-refractivity contribution in [2.24, 2.45) is 5.73 Å². The van der Waals surface area contributed by atoms with Crippen molar-refractivity contribution in [3.63, 3.8) is 0 Å². The molecular formula is C18H30N2O. The molecule has 1 aromatic carbocycles. The Hall–Kier alpha value is -0.900. The minimum Gasteiger partial charge on any atom is -0.378 e. The van der Waals surface area contributed by atoms with Crippen molar-refractivity contribution in [1.29, 1.82) is 0 Å². The van der Waals surface area contributed by atoms with E-state index < -0.39 is 0 Å². The highest BCUT2D eigenvalue weighted by molar-refractivity contribution is 5.29. The number of nitrogens with zero attached hydrogens (tertiary/aromatic N) is 1. The largest absolute Gasteiger partial charge is 0.378 e. The van der Waals surface area contributed by atoms with Gasteiger partial charge in [0.05, 0.1) is 13.2 Å². The van der Waals surface area contributed by atoms with Gasteiger partial charge in [0.2, 0.25) is 0 Å². The fourth-order valence-electron chi connectivity index (χ4n) is 3.10. The van der Waals surface area contributed by atoms with Crippen LogP contribution in [0.15, 0.2) is 24.3 Å². The summed E-state index contributed by atoms with van der Waals surface area (Å²) >= 11 is 0. The molecule has 0 saturated carbocycles. The maximum absolute atomic E-state index is 6.09. The van der Waals surface area contributed by atoms with Gasteiger partial charge < -0.3 is 10.5 Å². The van der Waals surface area contributed by atoms with Crippen molar-refractivity contribution in [3.8, 4) is 0 Å². The van der Waals surface area contributed by atoms with Gasteiger partial charge in [0.15, 0.2) is 0 Å². The van der Waals surface area contributed by atoms with Crippen molar-refractivity contribution in [2.45, 2.75) is 51.6 Å². The van der Waals surface area contributed by atoms with E-state index in [0.717, 1.165) is 26.2 Å². The minimum absolute atomic E-state index is 0.196. The zero-order chi connectivity index (χ0) is 15.5. The Morgan fingerprint density at radius 3 is 2.48 bits per heavy atom. The van der Waals surface area contributed by atoms with Crippen molar-refractivity contribution < 1.29 is 4.74 Å². The van der Waals surface area contributed by atoms with Crippen LogP contribution < -0.4 is 5.73 Å². The molecule has 1 fully saturated rings. The third-order valence-electron chi connectivity index (χ3n) is 4.53. The second-order valence-corrected chi connectivity index (χ2v) is 7.00. The Kier molecular flexibility index (Phi) is 5.42. The lowest BCUT2D eigenvalue weighted by molar-refractivity contribution is -0.0291. The Morgan fingerprint density at radius 1 is 1.29 bits per heavy atom. The molecule has 1 aromatic rings. The van der Waals surface area contributed by atoms with Crippen LogP contribution in [0.3, 0.4) is 0 Å².